The molecule has 1 heterocycles. The van der Waals surface area contributed by atoms with Gasteiger partial charge in [0.25, 0.3) is 11.6 Å². The van der Waals surface area contributed by atoms with Gasteiger partial charge in [-0.1, -0.05) is 6.07 Å². The molecule has 0 bridgehead atoms. The average Bonchev–Trinajstić information content (AvgIpc) is 3.25. The van der Waals surface area contributed by atoms with Crippen LogP contribution in [-0.2, 0) is 0 Å². The molecule has 1 aliphatic carbocycles. The molecule has 1 aromatic carbocycles. The molecule has 7 nitrogen and oxygen atoms in total. The molecule has 1 fully saturated rings. The largest absolute Gasteiger partial charge is 0.377 e. The third-order valence-corrected chi connectivity index (χ3v) is 5.43. The van der Waals surface area contributed by atoms with Crippen LogP contribution in [0.2, 0.25) is 0 Å². The van der Waals surface area contributed by atoms with Crippen LogP contribution in [0.3, 0.4) is 0 Å². The fraction of sp³-hybridized carbons (Fsp3) is 0.389. The SMILES string of the molecule is C[NH+](C)[C@H](CNC(=O)c1ccc(NC2CC2)c([N+](=O)[O-])c1)c1cccs1. The third-order valence-electron chi connectivity index (χ3n) is 4.44. The Kier molecular flexibility index (Phi) is 5.53. The number of hydrogen-bond donors (Lipinski definition) is 3. The minimum Gasteiger partial charge on any atom is -0.377 e. The number of nitro groups is 1. The van der Waals surface area contributed by atoms with Crippen molar-refractivity contribution in [2.45, 2.75) is 24.9 Å². The molecular formula is C18H23N4O3S+. The molecule has 8 heteroatoms. The van der Waals surface area contributed by atoms with E-state index in [1.54, 1.807) is 23.5 Å². The Hall–Kier alpha value is -2.45. The molecule has 1 aliphatic rings. The van der Waals surface area contributed by atoms with Crippen molar-refractivity contribution in [3.63, 3.8) is 0 Å². The Morgan fingerprint density at radius 3 is 2.73 bits per heavy atom. The predicted molar refractivity (Wildman–Crippen MR) is 102 cm³/mol. The zero-order chi connectivity index (χ0) is 18.7. The van der Waals surface area contributed by atoms with Crippen molar-refractivity contribution >= 4 is 28.6 Å². The number of nitrogens with zero attached hydrogens (tertiary/aromatic N) is 1. The second-order valence-corrected chi connectivity index (χ2v) is 7.74. The first-order valence-corrected chi connectivity index (χ1v) is 9.50. The lowest BCUT2D eigenvalue weighted by Gasteiger charge is -2.20. The number of benzene rings is 1. The summed E-state index contributed by atoms with van der Waals surface area (Å²) in [5.74, 6) is -0.297. The topological polar surface area (TPSA) is 88.7 Å². The fourth-order valence-corrected chi connectivity index (χ4v) is 3.72. The number of carbonyl (C=O) groups excluding carboxylic acids is 1. The highest BCUT2D eigenvalue weighted by atomic mass is 32.1. The van der Waals surface area contributed by atoms with Gasteiger partial charge in [-0.2, -0.15) is 0 Å². The fourth-order valence-electron chi connectivity index (χ4n) is 2.77. The van der Waals surface area contributed by atoms with Gasteiger partial charge in [-0.3, -0.25) is 14.9 Å². The van der Waals surface area contributed by atoms with Crippen LogP contribution in [0.15, 0.2) is 35.7 Å². The number of nitrogens with one attached hydrogen (secondary N) is 3. The molecule has 1 aromatic heterocycles. The Bertz CT molecular complexity index is 788. The number of amides is 1. The first-order valence-electron chi connectivity index (χ1n) is 8.62. The van der Waals surface area contributed by atoms with Crippen LogP contribution >= 0.6 is 11.3 Å². The van der Waals surface area contributed by atoms with Crippen LogP contribution < -0.4 is 15.5 Å². The average molecular weight is 375 g/mol. The van der Waals surface area contributed by atoms with Crippen molar-refractivity contribution in [3.8, 4) is 0 Å². The molecule has 1 atom stereocenters. The highest BCUT2D eigenvalue weighted by Gasteiger charge is 2.26. The second-order valence-electron chi connectivity index (χ2n) is 6.76. The summed E-state index contributed by atoms with van der Waals surface area (Å²) >= 11 is 1.66. The summed E-state index contributed by atoms with van der Waals surface area (Å²) in [5.41, 5.74) is 0.720. The lowest BCUT2D eigenvalue weighted by atomic mass is 10.1. The summed E-state index contributed by atoms with van der Waals surface area (Å²) in [5, 5.41) is 19.4. The summed E-state index contributed by atoms with van der Waals surface area (Å²) in [4.78, 5) is 25.8. The maximum Gasteiger partial charge on any atom is 0.293 e. The number of anilines is 1. The number of hydrogen-bond acceptors (Lipinski definition) is 5. The molecule has 1 saturated carbocycles. The smallest absolute Gasteiger partial charge is 0.293 e. The number of thiophene rings is 1. The van der Waals surface area contributed by atoms with Crippen LogP contribution in [0, 0.1) is 10.1 Å². The van der Waals surface area contributed by atoms with Crippen LogP contribution in [0.4, 0.5) is 11.4 Å². The predicted octanol–water partition coefficient (Wildman–Crippen LogP) is 1.85. The summed E-state index contributed by atoms with van der Waals surface area (Å²) in [7, 11) is 4.08. The first kappa shape index (κ1) is 18.3. The van der Waals surface area contributed by atoms with E-state index in [2.05, 4.69) is 16.7 Å². The van der Waals surface area contributed by atoms with E-state index in [1.165, 1.54) is 15.8 Å². The highest BCUT2D eigenvalue weighted by molar-refractivity contribution is 7.10. The highest BCUT2D eigenvalue weighted by Crippen LogP contribution is 2.31. The molecule has 0 radical (unpaired) electrons. The Morgan fingerprint density at radius 1 is 1.38 bits per heavy atom. The van der Waals surface area contributed by atoms with Crippen LogP contribution in [0.5, 0.6) is 0 Å². The minimum absolute atomic E-state index is 0.0578. The molecule has 0 unspecified atom stereocenters. The second kappa shape index (κ2) is 7.84. The molecule has 0 aliphatic heterocycles. The van der Waals surface area contributed by atoms with Gasteiger partial charge in [0.2, 0.25) is 0 Å². The van der Waals surface area contributed by atoms with E-state index in [0.717, 1.165) is 12.8 Å². The first-order chi connectivity index (χ1) is 12.5. The van der Waals surface area contributed by atoms with Gasteiger partial charge in [0.15, 0.2) is 0 Å². The molecule has 3 rings (SSSR count). The molecular weight excluding hydrogens is 352 g/mol. The van der Waals surface area contributed by atoms with Crippen molar-refractivity contribution in [2.75, 3.05) is 26.0 Å². The number of quaternary nitrogens is 1. The Labute approximate surface area is 156 Å². The molecule has 1 amide bonds. The zero-order valence-electron chi connectivity index (χ0n) is 14.8. The Morgan fingerprint density at radius 2 is 2.15 bits per heavy atom. The lowest BCUT2D eigenvalue weighted by Crippen LogP contribution is -3.06. The van der Waals surface area contributed by atoms with E-state index < -0.39 is 4.92 Å². The van der Waals surface area contributed by atoms with Crippen molar-refractivity contribution in [1.29, 1.82) is 0 Å². The van der Waals surface area contributed by atoms with Gasteiger partial charge in [-0.25, -0.2) is 0 Å². The van der Waals surface area contributed by atoms with Gasteiger partial charge < -0.3 is 15.5 Å². The Balaban J connectivity index is 1.70. The van der Waals surface area contributed by atoms with Crippen molar-refractivity contribution in [3.05, 3.63) is 56.3 Å². The number of rotatable bonds is 8. The standard InChI is InChI=1S/C18H22N4O3S/c1-21(2)16(17-4-3-9-26-17)11-19-18(23)12-5-8-14(20-13-6-7-13)15(10-12)22(24)25/h3-5,8-10,13,16,20H,6-7,11H2,1-2H3,(H,19,23)/p+1/t16-/m1/s1. The van der Waals surface area contributed by atoms with E-state index in [9.17, 15) is 14.9 Å². The van der Waals surface area contributed by atoms with Gasteiger partial charge >= 0.3 is 0 Å². The van der Waals surface area contributed by atoms with E-state index in [-0.39, 0.29) is 17.6 Å². The van der Waals surface area contributed by atoms with Crippen molar-refractivity contribution < 1.29 is 14.6 Å². The van der Waals surface area contributed by atoms with Gasteiger partial charge in [0.05, 0.1) is 30.4 Å². The van der Waals surface area contributed by atoms with Crippen LogP contribution in [-0.4, -0.2) is 37.5 Å². The van der Waals surface area contributed by atoms with Crippen molar-refractivity contribution in [1.82, 2.24) is 5.32 Å². The molecule has 0 saturated heterocycles. The summed E-state index contributed by atoms with van der Waals surface area (Å²) in [6.45, 7) is 0.470. The van der Waals surface area contributed by atoms with Gasteiger partial charge in [0.1, 0.15) is 11.7 Å². The van der Waals surface area contributed by atoms with Gasteiger partial charge in [-0.15, -0.1) is 11.3 Å². The normalized spacial score (nSPS) is 14.9. The number of nitro benzene ring substituents is 1. The quantitative estimate of drug-likeness (QED) is 0.485. The molecule has 3 N–H and O–H groups in total. The van der Waals surface area contributed by atoms with Gasteiger partial charge in [-0.05, 0) is 36.4 Å². The van der Waals surface area contributed by atoms with E-state index >= 15 is 0 Å². The molecule has 2 aromatic rings. The monoisotopic (exact) mass is 375 g/mol. The minimum atomic E-state index is -0.445. The van der Waals surface area contributed by atoms with Crippen LogP contribution in [0.1, 0.15) is 34.1 Å². The summed E-state index contributed by atoms with van der Waals surface area (Å²) < 4.78 is 0. The summed E-state index contributed by atoms with van der Waals surface area (Å²) in [6, 6.07) is 9.11. The molecule has 0 spiro atoms. The zero-order valence-corrected chi connectivity index (χ0v) is 15.6. The van der Waals surface area contributed by atoms with E-state index in [1.807, 2.05) is 25.5 Å². The third kappa shape index (κ3) is 4.39. The molecule has 138 valence electrons. The maximum atomic E-state index is 12.5. The summed E-state index contributed by atoms with van der Waals surface area (Å²) in [6.07, 6.45) is 2.05. The molecule has 26 heavy (non-hydrogen) atoms. The maximum absolute atomic E-state index is 12.5. The van der Waals surface area contributed by atoms with Crippen molar-refractivity contribution in [2.24, 2.45) is 0 Å². The number of likely N-dealkylation sites (N-methyl/N-ethyl adjacent to an activating group) is 1. The van der Waals surface area contributed by atoms with Gasteiger partial charge in [0, 0.05) is 17.7 Å². The number of carbonyl (C=O) groups is 1. The van der Waals surface area contributed by atoms with E-state index in [4.69, 9.17) is 0 Å². The lowest BCUT2D eigenvalue weighted by molar-refractivity contribution is -0.890. The van der Waals surface area contributed by atoms with E-state index in [0.29, 0.717) is 23.8 Å². The van der Waals surface area contributed by atoms with Crippen LogP contribution in [0.25, 0.3) is 0 Å².